The van der Waals surface area contributed by atoms with E-state index in [9.17, 15) is 5.11 Å². The molecule has 1 N–H and O–H groups in total. The molecule has 112 valence electrons. The van der Waals surface area contributed by atoms with Gasteiger partial charge in [0.25, 0.3) is 0 Å². The zero-order valence-electron chi connectivity index (χ0n) is 12.7. The minimum atomic E-state index is 0.127. The van der Waals surface area contributed by atoms with E-state index in [-0.39, 0.29) is 5.75 Å². The lowest BCUT2D eigenvalue weighted by molar-refractivity contribution is 0.373. The Hall–Kier alpha value is -2.30. The summed E-state index contributed by atoms with van der Waals surface area (Å²) in [5, 5.41) is 14.3. The molecule has 0 fully saturated rings. The van der Waals surface area contributed by atoms with Gasteiger partial charge in [0.2, 0.25) is 0 Å². The number of ether oxygens (including phenoxy) is 1. The van der Waals surface area contributed by atoms with Crippen molar-refractivity contribution in [3.05, 3.63) is 41.2 Å². The second-order valence-corrected chi connectivity index (χ2v) is 4.94. The average Bonchev–Trinajstić information content (AvgIpc) is 2.78. The van der Waals surface area contributed by atoms with Gasteiger partial charge in [-0.1, -0.05) is 6.07 Å². The van der Waals surface area contributed by atoms with E-state index in [0.29, 0.717) is 17.9 Å². The Morgan fingerprint density at radius 1 is 1.38 bits per heavy atom. The Kier molecular flexibility index (Phi) is 4.98. The van der Waals surface area contributed by atoms with Crippen LogP contribution in [0.5, 0.6) is 11.5 Å². The lowest BCUT2D eigenvalue weighted by Gasteiger charge is -2.05. The van der Waals surface area contributed by atoms with Crippen LogP contribution >= 0.6 is 0 Å². The molecule has 0 aliphatic heterocycles. The molecular weight excluding hydrogens is 266 g/mol. The van der Waals surface area contributed by atoms with E-state index in [1.54, 1.807) is 12.3 Å². The average molecular weight is 287 g/mol. The van der Waals surface area contributed by atoms with Crippen molar-refractivity contribution < 1.29 is 9.84 Å². The number of aromatic nitrogens is 2. The first kappa shape index (κ1) is 15.1. The maximum absolute atomic E-state index is 9.93. The maximum Gasteiger partial charge on any atom is 0.166 e. The number of rotatable bonds is 6. The first-order valence-corrected chi connectivity index (χ1v) is 6.98. The Morgan fingerprint density at radius 3 is 2.86 bits per heavy atom. The molecule has 0 aliphatic carbocycles. The molecule has 0 amide bonds. The molecule has 5 nitrogen and oxygen atoms in total. The van der Waals surface area contributed by atoms with Crippen molar-refractivity contribution in [3.8, 4) is 11.5 Å². The molecule has 0 atom stereocenters. The predicted octanol–water partition coefficient (Wildman–Crippen LogP) is 2.72. The van der Waals surface area contributed by atoms with E-state index >= 15 is 0 Å². The summed E-state index contributed by atoms with van der Waals surface area (Å²) in [4.78, 5) is 4.35. The number of hydrogen-bond acceptors (Lipinski definition) is 4. The van der Waals surface area contributed by atoms with Crippen LogP contribution in [0, 0.1) is 13.8 Å². The SMILES string of the molecule is COc1cccc(C=NCCCn2nc(C)cc2C)c1O. The van der Waals surface area contributed by atoms with Crippen LogP contribution < -0.4 is 4.74 Å². The second-order valence-electron chi connectivity index (χ2n) is 4.94. The molecule has 1 heterocycles. The molecule has 0 bridgehead atoms. The largest absolute Gasteiger partial charge is 0.504 e. The molecule has 21 heavy (non-hydrogen) atoms. The third-order valence-corrected chi connectivity index (χ3v) is 3.24. The summed E-state index contributed by atoms with van der Waals surface area (Å²) in [6, 6.07) is 7.42. The fourth-order valence-corrected chi connectivity index (χ4v) is 2.18. The van der Waals surface area contributed by atoms with Gasteiger partial charge in [0.05, 0.1) is 12.8 Å². The highest BCUT2D eigenvalue weighted by atomic mass is 16.5. The van der Waals surface area contributed by atoms with Crippen molar-refractivity contribution >= 4 is 6.21 Å². The molecule has 0 saturated heterocycles. The van der Waals surface area contributed by atoms with Crippen molar-refractivity contribution in [2.24, 2.45) is 4.99 Å². The monoisotopic (exact) mass is 287 g/mol. The number of hydrogen-bond donors (Lipinski definition) is 1. The standard InChI is InChI=1S/C16H21N3O2/c1-12-10-13(2)19(18-12)9-5-8-17-11-14-6-4-7-15(21-3)16(14)20/h4,6-7,10-11,20H,5,8-9H2,1-3H3. The molecule has 2 rings (SSSR count). The topological polar surface area (TPSA) is 59.6 Å². The molecule has 2 aromatic rings. The zero-order chi connectivity index (χ0) is 15.2. The number of aliphatic imine (C=N–C) groups is 1. The number of benzene rings is 1. The highest BCUT2D eigenvalue weighted by Crippen LogP contribution is 2.27. The highest BCUT2D eigenvalue weighted by molar-refractivity contribution is 5.84. The van der Waals surface area contributed by atoms with Crippen LogP contribution in [0.1, 0.15) is 23.4 Å². The van der Waals surface area contributed by atoms with Gasteiger partial charge in [0, 0.05) is 30.6 Å². The van der Waals surface area contributed by atoms with Gasteiger partial charge in [-0.15, -0.1) is 0 Å². The minimum absolute atomic E-state index is 0.127. The summed E-state index contributed by atoms with van der Waals surface area (Å²) < 4.78 is 7.06. The molecule has 1 aromatic carbocycles. The van der Waals surface area contributed by atoms with E-state index in [1.165, 1.54) is 12.8 Å². The lowest BCUT2D eigenvalue weighted by Crippen LogP contribution is -2.03. The number of aromatic hydroxyl groups is 1. The normalized spacial score (nSPS) is 11.2. The highest BCUT2D eigenvalue weighted by Gasteiger charge is 2.04. The number of aryl methyl sites for hydroxylation is 3. The first-order chi connectivity index (χ1) is 10.1. The number of phenols is 1. The molecule has 1 aromatic heterocycles. The van der Waals surface area contributed by atoms with Gasteiger partial charge in [-0.05, 0) is 38.5 Å². The van der Waals surface area contributed by atoms with Gasteiger partial charge in [-0.2, -0.15) is 5.10 Å². The van der Waals surface area contributed by atoms with Gasteiger partial charge in [-0.25, -0.2) is 0 Å². The van der Waals surface area contributed by atoms with Crippen molar-refractivity contribution in [2.45, 2.75) is 26.8 Å². The number of nitrogens with zero attached hydrogens (tertiary/aromatic N) is 3. The van der Waals surface area contributed by atoms with Gasteiger partial charge >= 0.3 is 0 Å². The van der Waals surface area contributed by atoms with Crippen LogP contribution in [0.25, 0.3) is 0 Å². The van der Waals surface area contributed by atoms with Crippen LogP contribution in [0.3, 0.4) is 0 Å². The third kappa shape index (κ3) is 3.84. The first-order valence-electron chi connectivity index (χ1n) is 6.98. The third-order valence-electron chi connectivity index (χ3n) is 3.24. The summed E-state index contributed by atoms with van der Waals surface area (Å²) in [5.41, 5.74) is 2.87. The van der Waals surface area contributed by atoms with Crippen molar-refractivity contribution in [1.82, 2.24) is 9.78 Å². The Labute approximate surface area is 124 Å². The van der Waals surface area contributed by atoms with E-state index in [4.69, 9.17) is 4.74 Å². The smallest absolute Gasteiger partial charge is 0.166 e. The fourth-order valence-electron chi connectivity index (χ4n) is 2.18. The quantitative estimate of drug-likeness (QED) is 0.656. The molecule has 5 heteroatoms. The minimum Gasteiger partial charge on any atom is -0.504 e. The molecule has 0 unspecified atom stereocenters. The van der Waals surface area contributed by atoms with Gasteiger partial charge < -0.3 is 9.84 Å². The summed E-state index contributed by atoms with van der Waals surface area (Å²) >= 11 is 0. The van der Waals surface area contributed by atoms with E-state index < -0.39 is 0 Å². The van der Waals surface area contributed by atoms with E-state index in [1.807, 2.05) is 23.7 Å². The second kappa shape index (κ2) is 6.92. The summed E-state index contributed by atoms with van der Waals surface area (Å²) in [5.74, 6) is 0.587. The molecule has 0 radical (unpaired) electrons. The summed E-state index contributed by atoms with van der Waals surface area (Å²) in [6.07, 6.45) is 2.59. The molecule has 0 aliphatic rings. The summed E-state index contributed by atoms with van der Waals surface area (Å²) in [7, 11) is 1.53. The van der Waals surface area contributed by atoms with Crippen LogP contribution in [-0.2, 0) is 6.54 Å². The molecular formula is C16H21N3O2. The molecule has 0 saturated carbocycles. The predicted molar refractivity (Wildman–Crippen MR) is 83.4 cm³/mol. The van der Waals surface area contributed by atoms with E-state index in [0.717, 1.165) is 18.7 Å². The van der Waals surface area contributed by atoms with Crippen molar-refractivity contribution in [2.75, 3.05) is 13.7 Å². The van der Waals surface area contributed by atoms with Gasteiger partial charge in [0.15, 0.2) is 11.5 Å². The van der Waals surface area contributed by atoms with Gasteiger partial charge in [0.1, 0.15) is 0 Å². The summed E-state index contributed by atoms with van der Waals surface area (Å²) in [6.45, 7) is 5.58. The van der Waals surface area contributed by atoms with Crippen molar-refractivity contribution in [1.29, 1.82) is 0 Å². The fraction of sp³-hybridized carbons (Fsp3) is 0.375. The zero-order valence-corrected chi connectivity index (χ0v) is 12.7. The van der Waals surface area contributed by atoms with Crippen LogP contribution in [0.15, 0.2) is 29.3 Å². The van der Waals surface area contributed by atoms with E-state index in [2.05, 4.69) is 23.1 Å². The number of methoxy groups -OCH3 is 1. The molecule has 0 spiro atoms. The van der Waals surface area contributed by atoms with Crippen molar-refractivity contribution in [3.63, 3.8) is 0 Å². The van der Waals surface area contributed by atoms with Crippen LogP contribution in [0.2, 0.25) is 0 Å². The Balaban J connectivity index is 1.87. The van der Waals surface area contributed by atoms with Gasteiger partial charge in [-0.3, -0.25) is 9.67 Å². The Morgan fingerprint density at radius 2 is 2.19 bits per heavy atom. The number of para-hydroxylation sites is 1. The van der Waals surface area contributed by atoms with Crippen LogP contribution in [0.4, 0.5) is 0 Å². The van der Waals surface area contributed by atoms with Crippen LogP contribution in [-0.4, -0.2) is 34.8 Å². The number of phenolic OH excluding ortho intramolecular Hbond substituents is 1. The maximum atomic E-state index is 9.93. The Bertz CT molecular complexity index is 632. The lowest BCUT2D eigenvalue weighted by atomic mass is 10.2.